The van der Waals surface area contributed by atoms with Crippen LogP contribution in [0.4, 0.5) is 0 Å². The van der Waals surface area contributed by atoms with Crippen molar-refractivity contribution in [1.29, 1.82) is 5.26 Å². The van der Waals surface area contributed by atoms with Crippen LogP contribution >= 0.6 is 11.3 Å². The van der Waals surface area contributed by atoms with Gasteiger partial charge in [-0.2, -0.15) is 5.26 Å². The third-order valence-corrected chi connectivity index (χ3v) is 12.3. The third kappa shape index (κ3) is 5.13. The lowest BCUT2D eigenvalue weighted by Gasteiger charge is -2.21. The highest BCUT2D eigenvalue weighted by Gasteiger charge is 2.23. The van der Waals surface area contributed by atoms with E-state index in [0.29, 0.717) is 5.56 Å². The first-order valence-corrected chi connectivity index (χ1v) is 19.8. The molecule has 10 aromatic rings. The second-order valence-electron chi connectivity index (χ2n) is 14.2. The van der Waals surface area contributed by atoms with E-state index >= 15 is 0 Å². The normalized spacial score (nSPS) is 11.6. The smallest absolute Gasteiger partial charge is 0.0998 e. The molecule has 0 saturated carbocycles. The van der Waals surface area contributed by atoms with Crippen molar-refractivity contribution in [3.63, 3.8) is 0 Å². The van der Waals surface area contributed by atoms with E-state index in [1.807, 2.05) is 42.5 Å². The van der Waals surface area contributed by atoms with E-state index in [1.54, 1.807) is 0 Å². The molecule has 262 valence electrons. The molecule has 0 N–H and O–H groups in total. The molecule has 0 aliphatic carbocycles. The molecule has 0 radical (unpaired) electrons. The number of nitrogens with zero attached hydrogens (tertiary/aromatic N) is 1. The summed E-state index contributed by atoms with van der Waals surface area (Å²) in [5.74, 6) is 0. The molecule has 0 unspecified atom stereocenters. The van der Waals surface area contributed by atoms with E-state index in [1.165, 1.54) is 69.5 Å². The van der Waals surface area contributed by atoms with Crippen LogP contribution in [0.2, 0.25) is 0 Å². The molecule has 0 atom stereocenters. The van der Waals surface area contributed by atoms with Crippen molar-refractivity contribution < 1.29 is 0 Å². The molecule has 1 heterocycles. The molecule has 56 heavy (non-hydrogen) atoms. The highest BCUT2D eigenvalue weighted by Crippen LogP contribution is 2.50. The van der Waals surface area contributed by atoms with Crippen LogP contribution < -0.4 is 0 Å². The molecular formula is C54H35NS. The van der Waals surface area contributed by atoms with Gasteiger partial charge in [-0.25, -0.2) is 0 Å². The van der Waals surface area contributed by atoms with Crippen molar-refractivity contribution in [3.05, 3.63) is 193 Å². The van der Waals surface area contributed by atoms with Gasteiger partial charge in [0.05, 0.1) is 11.6 Å². The molecule has 0 bridgehead atoms. The van der Waals surface area contributed by atoms with Crippen molar-refractivity contribution in [2.45, 2.75) is 6.92 Å². The van der Waals surface area contributed by atoms with E-state index in [0.717, 1.165) is 38.6 Å². The largest absolute Gasteiger partial charge is 0.192 e. The maximum absolute atomic E-state index is 10.2. The van der Waals surface area contributed by atoms with Gasteiger partial charge in [-0.1, -0.05) is 170 Å². The fourth-order valence-corrected chi connectivity index (χ4v) is 10.1. The number of benzene rings is 9. The van der Waals surface area contributed by atoms with Crippen molar-refractivity contribution in [2.75, 3.05) is 0 Å². The van der Waals surface area contributed by atoms with Gasteiger partial charge >= 0.3 is 0 Å². The SMILES string of the molecule is C=Cc1c(/C=C\C)c(-c2ccccc2C#N)c2ccccc2c1-c1cccc2sc3cc(-c4c5ccccc5c(-c5ccccc5)c5ccccc45)ccc3c12. The third-order valence-electron chi connectivity index (χ3n) is 11.2. The lowest BCUT2D eigenvalue weighted by atomic mass is 9.81. The highest BCUT2D eigenvalue weighted by molar-refractivity contribution is 7.26. The molecule has 0 fully saturated rings. The average Bonchev–Trinajstić information content (AvgIpc) is 3.64. The lowest BCUT2D eigenvalue weighted by Crippen LogP contribution is -1.97. The fraction of sp³-hybridized carbons (Fsp3) is 0.0185. The minimum absolute atomic E-state index is 0.656. The molecule has 0 saturated heterocycles. The van der Waals surface area contributed by atoms with Crippen molar-refractivity contribution in [2.24, 2.45) is 0 Å². The number of fused-ring (bicyclic) bond motifs is 6. The molecule has 2 heteroatoms. The Labute approximate surface area is 330 Å². The van der Waals surface area contributed by atoms with Gasteiger partial charge in [-0.3, -0.25) is 0 Å². The van der Waals surface area contributed by atoms with Gasteiger partial charge < -0.3 is 0 Å². The standard InChI is InChI=1S/C54H35NS/c1-3-17-39-37(4-2)52(44-26-14-15-27-45(44)53(39)38-21-9-8-20-36(38)33-55)47-28-16-29-48-54(47)46-31-30-35(32-49(46)56-48)51-42-24-12-10-22-40(42)50(34-18-6-5-7-19-34)41-23-11-13-25-43(41)51/h3-32H,2H2,1H3/b17-3-. The summed E-state index contributed by atoms with van der Waals surface area (Å²) in [6.45, 7) is 6.45. The van der Waals surface area contributed by atoms with Crippen LogP contribution in [0, 0.1) is 11.3 Å². The molecule has 9 aromatic carbocycles. The topological polar surface area (TPSA) is 23.8 Å². The summed E-state index contributed by atoms with van der Waals surface area (Å²) >= 11 is 1.85. The molecule has 0 aliphatic rings. The molecule has 10 rings (SSSR count). The Balaban J connectivity index is 1.25. The fourth-order valence-electron chi connectivity index (χ4n) is 8.95. The van der Waals surface area contributed by atoms with E-state index in [4.69, 9.17) is 0 Å². The van der Waals surface area contributed by atoms with E-state index in [-0.39, 0.29) is 0 Å². The van der Waals surface area contributed by atoms with Crippen LogP contribution in [-0.4, -0.2) is 0 Å². The number of nitriles is 1. The number of allylic oxidation sites excluding steroid dienone is 1. The van der Waals surface area contributed by atoms with Crippen LogP contribution in [0.15, 0.2) is 176 Å². The summed E-state index contributed by atoms with van der Waals surface area (Å²) in [6, 6.07) is 61.2. The Kier molecular flexibility index (Phi) is 8.18. The summed E-state index contributed by atoms with van der Waals surface area (Å²) in [6.07, 6.45) is 6.25. The first-order chi connectivity index (χ1) is 27.7. The number of hydrogen-bond donors (Lipinski definition) is 0. The molecular weight excluding hydrogens is 695 g/mol. The summed E-state index contributed by atoms with van der Waals surface area (Å²) in [7, 11) is 0. The molecule has 0 amide bonds. The second kappa shape index (κ2) is 13.7. The highest BCUT2D eigenvalue weighted by atomic mass is 32.1. The van der Waals surface area contributed by atoms with Gasteiger partial charge in [0, 0.05) is 25.7 Å². The first-order valence-electron chi connectivity index (χ1n) is 19.0. The van der Waals surface area contributed by atoms with E-state index < -0.39 is 0 Å². The van der Waals surface area contributed by atoms with Gasteiger partial charge in [0.2, 0.25) is 0 Å². The number of rotatable bonds is 6. The zero-order valence-electron chi connectivity index (χ0n) is 30.9. The van der Waals surface area contributed by atoms with Gasteiger partial charge in [-0.15, -0.1) is 11.3 Å². The minimum Gasteiger partial charge on any atom is -0.192 e. The Morgan fingerprint density at radius 3 is 1.62 bits per heavy atom. The van der Waals surface area contributed by atoms with Crippen LogP contribution in [0.3, 0.4) is 0 Å². The second-order valence-corrected chi connectivity index (χ2v) is 15.3. The molecule has 1 nitrogen and oxygen atoms in total. The molecule has 1 aromatic heterocycles. The zero-order valence-corrected chi connectivity index (χ0v) is 31.7. The van der Waals surface area contributed by atoms with Gasteiger partial charge in [0.25, 0.3) is 0 Å². The van der Waals surface area contributed by atoms with Gasteiger partial charge in [0.1, 0.15) is 0 Å². The first kappa shape index (κ1) is 33.5. The Morgan fingerprint density at radius 1 is 0.482 bits per heavy atom. The molecule has 0 spiro atoms. The zero-order chi connectivity index (χ0) is 37.8. The summed E-state index contributed by atoms with van der Waals surface area (Å²) in [5, 5.41) is 20.0. The predicted molar refractivity (Wildman–Crippen MR) is 243 cm³/mol. The molecule has 0 aliphatic heterocycles. The monoisotopic (exact) mass is 729 g/mol. The Bertz CT molecular complexity index is 3230. The van der Waals surface area contributed by atoms with Gasteiger partial charge in [-0.05, 0) is 108 Å². The predicted octanol–water partition coefficient (Wildman–Crippen LogP) is 15.7. The Hall–Kier alpha value is -7.05. The van der Waals surface area contributed by atoms with Crippen LogP contribution in [-0.2, 0) is 0 Å². The van der Waals surface area contributed by atoms with Crippen LogP contribution in [0.25, 0.3) is 109 Å². The quantitative estimate of drug-likeness (QED) is 0.156. The van der Waals surface area contributed by atoms with Crippen LogP contribution in [0.5, 0.6) is 0 Å². The van der Waals surface area contributed by atoms with Crippen molar-refractivity contribution >= 4 is 76.0 Å². The van der Waals surface area contributed by atoms with Crippen molar-refractivity contribution in [1.82, 2.24) is 0 Å². The van der Waals surface area contributed by atoms with Gasteiger partial charge in [0.15, 0.2) is 0 Å². The Morgan fingerprint density at radius 2 is 1.02 bits per heavy atom. The number of thiophene rings is 1. The summed E-state index contributed by atoms with van der Waals surface area (Å²) in [5.41, 5.74) is 12.1. The van der Waals surface area contributed by atoms with E-state index in [2.05, 4.69) is 170 Å². The van der Waals surface area contributed by atoms with Crippen molar-refractivity contribution in [3.8, 4) is 50.6 Å². The summed E-state index contributed by atoms with van der Waals surface area (Å²) in [4.78, 5) is 0. The minimum atomic E-state index is 0.656. The summed E-state index contributed by atoms with van der Waals surface area (Å²) < 4.78 is 2.50. The van der Waals surface area contributed by atoms with Crippen LogP contribution in [0.1, 0.15) is 23.6 Å². The number of hydrogen-bond acceptors (Lipinski definition) is 2. The maximum Gasteiger partial charge on any atom is 0.0998 e. The average molecular weight is 730 g/mol. The lowest BCUT2D eigenvalue weighted by molar-refractivity contribution is 1.48. The maximum atomic E-state index is 10.2. The van der Waals surface area contributed by atoms with E-state index in [9.17, 15) is 5.26 Å².